The molecule has 2 N–H and O–H groups in total. The van der Waals surface area contributed by atoms with E-state index in [0.717, 1.165) is 20.8 Å². The third-order valence-corrected chi connectivity index (χ3v) is 3.85. The number of aromatic nitrogens is 2. The minimum absolute atomic E-state index is 0.603. The molecule has 0 aliphatic heterocycles. The molecule has 4 nitrogen and oxygen atoms in total. The molecule has 20 heavy (non-hydrogen) atoms. The van der Waals surface area contributed by atoms with Crippen molar-refractivity contribution < 1.29 is 0 Å². The molecule has 0 saturated carbocycles. The highest BCUT2D eigenvalue weighted by Crippen LogP contribution is 2.32. The van der Waals surface area contributed by atoms with Crippen LogP contribution in [0, 0.1) is 11.3 Å². The van der Waals surface area contributed by atoms with Crippen molar-refractivity contribution in [3.63, 3.8) is 0 Å². The number of nitrogen functional groups attached to an aromatic ring is 1. The van der Waals surface area contributed by atoms with Crippen molar-refractivity contribution >= 4 is 28.4 Å². The second kappa shape index (κ2) is 5.19. The van der Waals surface area contributed by atoms with Crippen molar-refractivity contribution in [2.24, 2.45) is 0 Å². The van der Waals surface area contributed by atoms with Crippen LogP contribution in [0.2, 0.25) is 0 Å². The topological polar surface area (TPSA) is 75.6 Å². The molecule has 0 saturated heterocycles. The molecule has 0 radical (unpaired) electrons. The van der Waals surface area contributed by atoms with Gasteiger partial charge in [0.15, 0.2) is 0 Å². The lowest BCUT2D eigenvalue weighted by Crippen LogP contribution is -1.91. The van der Waals surface area contributed by atoms with Crippen molar-refractivity contribution in [2.75, 3.05) is 5.73 Å². The number of pyridine rings is 2. The monoisotopic (exact) mass is 278 g/mol. The van der Waals surface area contributed by atoms with Gasteiger partial charge in [-0.2, -0.15) is 5.26 Å². The Morgan fingerprint density at radius 3 is 2.85 bits per heavy atom. The van der Waals surface area contributed by atoms with E-state index in [1.165, 1.54) is 11.8 Å². The van der Waals surface area contributed by atoms with Gasteiger partial charge in [-0.3, -0.25) is 4.98 Å². The van der Waals surface area contributed by atoms with Crippen molar-refractivity contribution in [1.29, 1.82) is 5.26 Å². The molecule has 0 aliphatic rings. The smallest absolute Gasteiger partial charge is 0.103 e. The van der Waals surface area contributed by atoms with Crippen LogP contribution in [0.3, 0.4) is 0 Å². The van der Waals surface area contributed by atoms with Crippen molar-refractivity contribution in [3.05, 3.63) is 54.4 Å². The second-order valence-corrected chi connectivity index (χ2v) is 5.21. The Morgan fingerprint density at radius 2 is 2.05 bits per heavy atom. The number of nitriles is 1. The number of anilines is 1. The minimum Gasteiger partial charge on any atom is -0.397 e. The fourth-order valence-electron chi connectivity index (χ4n) is 1.90. The van der Waals surface area contributed by atoms with Crippen LogP contribution in [0.25, 0.3) is 10.9 Å². The molecule has 0 fully saturated rings. The number of nitrogens with zero attached hydrogens (tertiary/aromatic N) is 3. The zero-order chi connectivity index (χ0) is 13.9. The summed E-state index contributed by atoms with van der Waals surface area (Å²) in [6, 6.07) is 13.4. The van der Waals surface area contributed by atoms with E-state index in [1.54, 1.807) is 18.5 Å². The molecule has 1 aromatic carbocycles. The maximum Gasteiger partial charge on any atom is 0.103 e. The first-order valence-electron chi connectivity index (χ1n) is 5.95. The molecule has 0 atom stereocenters. The molecule has 3 aromatic rings. The van der Waals surface area contributed by atoms with E-state index in [4.69, 9.17) is 5.73 Å². The quantitative estimate of drug-likeness (QED) is 0.778. The lowest BCUT2D eigenvalue weighted by Gasteiger charge is -2.06. The maximum absolute atomic E-state index is 9.26. The Hall–Kier alpha value is -2.58. The Labute approximate surface area is 120 Å². The van der Waals surface area contributed by atoms with Gasteiger partial charge in [-0.25, -0.2) is 4.98 Å². The van der Waals surface area contributed by atoms with Crippen molar-refractivity contribution in [3.8, 4) is 6.07 Å². The predicted molar refractivity (Wildman–Crippen MR) is 79.2 cm³/mol. The summed E-state index contributed by atoms with van der Waals surface area (Å²) in [5.74, 6) is 0. The van der Waals surface area contributed by atoms with Crippen LogP contribution >= 0.6 is 11.8 Å². The van der Waals surface area contributed by atoms with Crippen molar-refractivity contribution in [1.82, 2.24) is 9.97 Å². The average molecular weight is 278 g/mol. The molecule has 0 aliphatic carbocycles. The number of fused-ring (bicyclic) bond motifs is 1. The summed E-state index contributed by atoms with van der Waals surface area (Å²) >= 11 is 1.43. The van der Waals surface area contributed by atoms with E-state index < -0.39 is 0 Å². The van der Waals surface area contributed by atoms with Crippen LogP contribution in [-0.2, 0) is 0 Å². The summed E-state index contributed by atoms with van der Waals surface area (Å²) in [6.45, 7) is 0. The summed E-state index contributed by atoms with van der Waals surface area (Å²) in [6.07, 6.45) is 3.29. The van der Waals surface area contributed by atoms with Crippen LogP contribution in [0.1, 0.15) is 5.56 Å². The molecular weight excluding hydrogens is 268 g/mol. The third-order valence-electron chi connectivity index (χ3n) is 2.84. The van der Waals surface area contributed by atoms with Crippen LogP contribution < -0.4 is 5.73 Å². The fraction of sp³-hybridized carbons (Fsp3) is 0. The van der Waals surface area contributed by atoms with E-state index in [1.807, 2.05) is 30.3 Å². The zero-order valence-corrected chi connectivity index (χ0v) is 11.3. The van der Waals surface area contributed by atoms with Gasteiger partial charge in [0.1, 0.15) is 5.03 Å². The highest BCUT2D eigenvalue weighted by Gasteiger charge is 2.08. The van der Waals surface area contributed by atoms with E-state index in [2.05, 4.69) is 16.0 Å². The molecule has 0 unspecified atom stereocenters. The summed E-state index contributed by atoms with van der Waals surface area (Å²) in [7, 11) is 0. The number of rotatable bonds is 2. The van der Waals surface area contributed by atoms with Crippen molar-refractivity contribution in [2.45, 2.75) is 9.92 Å². The van der Waals surface area contributed by atoms with E-state index in [-0.39, 0.29) is 0 Å². The molecule has 0 bridgehead atoms. The van der Waals surface area contributed by atoms with Gasteiger partial charge in [-0.1, -0.05) is 30.0 Å². The van der Waals surface area contributed by atoms with E-state index in [9.17, 15) is 5.26 Å². The Kier molecular flexibility index (Phi) is 3.23. The first-order chi connectivity index (χ1) is 9.78. The molecule has 0 spiro atoms. The summed E-state index contributed by atoms with van der Waals surface area (Å²) < 4.78 is 0. The van der Waals surface area contributed by atoms with Gasteiger partial charge in [-0.15, -0.1) is 0 Å². The van der Waals surface area contributed by atoms with Gasteiger partial charge in [0.05, 0.1) is 29.0 Å². The van der Waals surface area contributed by atoms with Crippen LogP contribution in [0.4, 0.5) is 5.69 Å². The first-order valence-corrected chi connectivity index (χ1v) is 6.77. The largest absolute Gasteiger partial charge is 0.397 e. The van der Waals surface area contributed by atoms with Crippen LogP contribution in [-0.4, -0.2) is 9.97 Å². The molecular formula is C15H10N4S. The summed E-state index contributed by atoms with van der Waals surface area (Å²) in [5, 5.41) is 10.9. The van der Waals surface area contributed by atoms with Gasteiger partial charge in [0.2, 0.25) is 0 Å². The van der Waals surface area contributed by atoms with Gasteiger partial charge >= 0.3 is 0 Å². The standard InChI is InChI=1S/C15H10N4S/c16-8-10-7-15(19-13-4-2-1-3-11(10)13)20-14-5-6-18-9-12(14)17/h1-7,9H,17H2. The molecule has 2 heterocycles. The Morgan fingerprint density at radius 1 is 1.20 bits per heavy atom. The minimum atomic E-state index is 0.603. The third kappa shape index (κ3) is 2.29. The SMILES string of the molecule is N#Cc1cc(Sc2ccncc2N)nc2ccccc12. The lowest BCUT2D eigenvalue weighted by molar-refractivity contribution is 1.17. The van der Waals surface area contributed by atoms with Gasteiger partial charge in [-0.05, 0) is 18.2 Å². The van der Waals surface area contributed by atoms with Crippen LogP contribution in [0.15, 0.2) is 58.7 Å². The highest BCUT2D eigenvalue weighted by molar-refractivity contribution is 7.99. The molecule has 5 heteroatoms. The molecule has 3 rings (SSSR count). The fourth-order valence-corrected chi connectivity index (χ4v) is 2.74. The van der Waals surface area contributed by atoms with Crippen LogP contribution in [0.5, 0.6) is 0 Å². The molecule has 96 valence electrons. The number of hydrogen-bond acceptors (Lipinski definition) is 5. The Balaban J connectivity index is 2.09. The highest BCUT2D eigenvalue weighted by atomic mass is 32.2. The predicted octanol–water partition coefficient (Wildman–Crippen LogP) is 3.23. The summed E-state index contributed by atoms with van der Waals surface area (Å²) in [5.41, 5.74) is 7.90. The molecule has 0 amide bonds. The zero-order valence-electron chi connectivity index (χ0n) is 10.4. The second-order valence-electron chi connectivity index (χ2n) is 4.15. The lowest BCUT2D eigenvalue weighted by atomic mass is 10.1. The number of para-hydroxylation sites is 1. The average Bonchev–Trinajstić information content (AvgIpc) is 2.49. The molecule has 2 aromatic heterocycles. The van der Waals surface area contributed by atoms with E-state index in [0.29, 0.717) is 11.3 Å². The summed E-state index contributed by atoms with van der Waals surface area (Å²) in [4.78, 5) is 9.40. The van der Waals surface area contributed by atoms with E-state index >= 15 is 0 Å². The van der Waals surface area contributed by atoms with Gasteiger partial charge in [0.25, 0.3) is 0 Å². The Bertz CT molecular complexity index is 823. The number of hydrogen-bond donors (Lipinski definition) is 1. The number of nitrogens with two attached hydrogens (primary N) is 1. The van der Waals surface area contributed by atoms with Gasteiger partial charge < -0.3 is 5.73 Å². The normalized spacial score (nSPS) is 10.3. The maximum atomic E-state index is 9.26. The number of benzene rings is 1. The first kappa shape index (κ1) is 12.5. The van der Waals surface area contributed by atoms with Gasteiger partial charge in [0, 0.05) is 16.5 Å².